The lowest BCUT2D eigenvalue weighted by molar-refractivity contribution is -0.116. The summed E-state index contributed by atoms with van der Waals surface area (Å²) in [5, 5.41) is 7.90. The predicted octanol–water partition coefficient (Wildman–Crippen LogP) is 4.65. The van der Waals surface area contributed by atoms with Crippen molar-refractivity contribution in [3.8, 4) is 17.0 Å². The minimum atomic E-state index is -0.193. The van der Waals surface area contributed by atoms with E-state index < -0.39 is 0 Å². The fourth-order valence-corrected chi connectivity index (χ4v) is 4.29. The van der Waals surface area contributed by atoms with Crippen molar-refractivity contribution in [1.82, 2.24) is 14.8 Å². The molecule has 2 aromatic carbocycles. The van der Waals surface area contributed by atoms with Gasteiger partial charge in [0.15, 0.2) is 5.13 Å². The van der Waals surface area contributed by atoms with E-state index in [9.17, 15) is 9.59 Å². The van der Waals surface area contributed by atoms with Crippen LogP contribution in [0.1, 0.15) is 25.3 Å². The second kappa shape index (κ2) is 9.74. The summed E-state index contributed by atoms with van der Waals surface area (Å²) in [6.45, 7) is 4.93. The highest BCUT2D eigenvalue weighted by Crippen LogP contribution is 2.26. The van der Waals surface area contributed by atoms with Crippen molar-refractivity contribution in [1.29, 1.82) is 0 Å². The molecule has 0 spiro atoms. The molecule has 8 heteroatoms. The van der Waals surface area contributed by atoms with E-state index in [1.807, 2.05) is 50.2 Å². The second-order valence-corrected chi connectivity index (χ2v) is 8.41. The van der Waals surface area contributed by atoms with Crippen molar-refractivity contribution in [3.05, 3.63) is 70.5 Å². The van der Waals surface area contributed by atoms with Gasteiger partial charge in [-0.3, -0.25) is 9.59 Å². The molecule has 1 amide bonds. The average Bonchev–Trinajstić information content (AvgIpc) is 3.17. The molecule has 1 N–H and O–H groups in total. The number of carbonyl (C=O) groups is 1. The monoisotopic (exact) mass is 448 g/mol. The maximum Gasteiger partial charge on any atom is 0.266 e. The average molecular weight is 449 g/mol. The first kappa shape index (κ1) is 21.7. The third-order valence-corrected chi connectivity index (χ3v) is 5.83. The van der Waals surface area contributed by atoms with Gasteiger partial charge in [-0.1, -0.05) is 17.4 Å². The highest BCUT2D eigenvalue weighted by molar-refractivity contribution is 7.22. The van der Waals surface area contributed by atoms with Crippen LogP contribution in [0, 0.1) is 6.92 Å². The van der Waals surface area contributed by atoms with E-state index in [2.05, 4.69) is 21.5 Å². The van der Waals surface area contributed by atoms with Crippen LogP contribution in [0.3, 0.4) is 0 Å². The zero-order valence-electron chi connectivity index (χ0n) is 18.0. The number of thiazole rings is 1. The predicted molar refractivity (Wildman–Crippen MR) is 127 cm³/mol. The minimum absolute atomic E-state index is 0.128. The van der Waals surface area contributed by atoms with Crippen LogP contribution >= 0.6 is 11.3 Å². The molecule has 164 valence electrons. The molecule has 0 aliphatic heterocycles. The van der Waals surface area contributed by atoms with Gasteiger partial charge in [0.05, 0.1) is 22.5 Å². The van der Waals surface area contributed by atoms with E-state index in [4.69, 9.17) is 4.74 Å². The van der Waals surface area contributed by atoms with E-state index in [0.29, 0.717) is 30.4 Å². The van der Waals surface area contributed by atoms with Crippen molar-refractivity contribution >= 4 is 32.6 Å². The maximum absolute atomic E-state index is 12.3. The molecule has 0 aliphatic rings. The number of aromatic nitrogens is 3. The number of fused-ring (bicyclic) bond motifs is 1. The Morgan fingerprint density at radius 1 is 1.12 bits per heavy atom. The lowest BCUT2D eigenvalue weighted by Crippen LogP contribution is -2.23. The number of rotatable bonds is 8. The van der Waals surface area contributed by atoms with Crippen molar-refractivity contribution in [3.63, 3.8) is 0 Å². The van der Waals surface area contributed by atoms with Crippen LogP contribution in [-0.2, 0) is 11.3 Å². The highest BCUT2D eigenvalue weighted by Gasteiger charge is 2.09. The van der Waals surface area contributed by atoms with Gasteiger partial charge in [-0.2, -0.15) is 5.10 Å². The quantitative estimate of drug-likeness (QED) is 0.424. The SMILES string of the molecule is CCOc1ccc(-c2ccc(=O)n(CCCC(=O)Nc3nc4ccc(C)cc4s3)n2)cc1. The summed E-state index contributed by atoms with van der Waals surface area (Å²) in [6.07, 6.45) is 0.770. The maximum atomic E-state index is 12.3. The van der Waals surface area contributed by atoms with Crippen LogP contribution in [0.25, 0.3) is 21.5 Å². The molecule has 4 rings (SSSR count). The van der Waals surface area contributed by atoms with Crippen LogP contribution in [0.4, 0.5) is 5.13 Å². The summed E-state index contributed by atoms with van der Waals surface area (Å²) in [4.78, 5) is 29.0. The molecule has 7 nitrogen and oxygen atoms in total. The molecule has 0 bridgehead atoms. The summed E-state index contributed by atoms with van der Waals surface area (Å²) in [5.74, 6) is 0.662. The number of anilines is 1. The van der Waals surface area contributed by atoms with Crippen LogP contribution < -0.4 is 15.6 Å². The first-order valence-corrected chi connectivity index (χ1v) is 11.3. The van der Waals surface area contributed by atoms with Crippen molar-refractivity contribution in [2.45, 2.75) is 33.2 Å². The number of nitrogens with one attached hydrogen (secondary N) is 1. The Hall–Kier alpha value is -3.52. The number of aryl methyl sites for hydroxylation is 2. The van der Waals surface area contributed by atoms with Gasteiger partial charge in [-0.25, -0.2) is 9.67 Å². The van der Waals surface area contributed by atoms with Gasteiger partial charge in [0, 0.05) is 24.6 Å². The minimum Gasteiger partial charge on any atom is -0.494 e. The molecule has 0 unspecified atom stereocenters. The Morgan fingerprint density at radius 2 is 1.94 bits per heavy atom. The van der Waals surface area contributed by atoms with E-state index >= 15 is 0 Å². The fourth-order valence-electron chi connectivity index (χ4n) is 3.31. The second-order valence-electron chi connectivity index (χ2n) is 7.38. The molecule has 0 atom stereocenters. The summed E-state index contributed by atoms with van der Waals surface area (Å²) in [6, 6.07) is 16.8. The molecule has 0 aliphatic carbocycles. The van der Waals surface area contributed by atoms with E-state index in [1.165, 1.54) is 22.1 Å². The molecule has 0 radical (unpaired) electrons. The van der Waals surface area contributed by atoms with Gasteiger partial charge >= 0.3 is 0 Å². The lowest BCUT2D eigenvalue weighted by atomic mass is 10.1. The summed E-state index contributed by atoms with van der Waals surface area (Å²) in [5.41, 5.74) is 3.43. The third kappa shape index (κ3) is 5.20. The van der Waals surface area contributed by atoms with Gasteiger partial charge in [-0.05, 0) is 68.3 Å². The van der Waals surface area contributed by atoms with Gasteiger partial charge in [0.2, 0.25) is 5.91 Å². The van der Waals surface area contributed by atoms with Gasteiger partial charge in [0.25, 0.3) is 5.56 Å². The third-order valence-electron chi connectivity index (χ3n) is 4.89. The molecule has 0 saturated carbocycles. The van der Waals surface area contributed by atoms with Crippen LogP contribution in [0.5, 0.6) is 5.75 Å². The number of carbonyl (C=O) groups excluding carboxylic acids is 1. The number of benzene rings is 2. The fraction of sp³-hybridized carbons (Fsp3) is 0.250. The Balaban J connectivity index is 1.36. The van der Waals surface area contributed by atoms with Crippen molar-refractivity contribution < 1.29 is 9.53 Å². The Kier molecular flexibility index (Phi) is 6.61. The van der Waals surface area contributed by atoms with Crippen molar-refractivity contribution in [2.24, 2.45) is 0 Å². The summed E-state index contributed by atoms with van der Waals surface area (Å²) >= 11 is 1.46. The Morgan fingerprint density at radius 3 is 2.72 bits per heavy atom. The van der Waals surface area contributed by atoms with E-state index in [-0.39, 0.29) is 17.9 Å². The summed E-state index contributed by atoms with van der Waals surface area (Å²) in [7, 11) is 0. The molecule has 0 saturated heterocycles. The molecular formula is C24H24N4O3S. The van der Waals surface area contributed by atoms with Crippen LogP contribution in [-0.4, -0.2) is 27.3 Å². The first-order valence-electron chi connectivity index (χ1n) is 10.5. The van der Waals surface area contributed by atoms with Crippen LogP contribution in [0.15, 0.2) is 59.4 Å². The highest BCUT2D eigenvalue weighted by atomic mass is 32.1. The number of hydrogen-bond acceptors (Lipinski definition) is 6. The van der Waals surface area contributed by atoms with Crippen LogP contribution in [0.2, 0.25) is 0 Å². The van der Waals surface area contributed by atoms with Crippen molar-refractivity contribution in [2.75, 3.05) is 11.9 Å². The summed E-state index contributed by atoms with van der Waals surface area (Å²) < 4.78 is 7.91. The van der Waals surface area contributed by atoms with Gasteiger partial charge in [-0.15, -0.1) is 0 Å². The Labute approximate surface area is 189 Å². The van der Waals surface area contributed by atoms with Gasteiger partial charge in [0.1, 0.15) is 5.75 Å². The normalized spacial score (nSPS) is 10.9. The molecule has 32 heavy (non-hydrogen) atoms. The van der Waals surface area contributed by atoms with E-state index in [0.717, 1.165) is 27.1 Å². The molecule has 0 fully saturated rings. The van der Waals surface area contributed by atoms with E-state index in [1.54, 1.807) is 6.07 Å². The number of hydrogen-bond donors (Lipinski definition) is 1. The standard InChI is InChI=1S/C24H24N4O3S/c1-3-31-18-9-7-17(8-10-18)19-12-13-23(30)28(27-19)14-4-5-22(29)26-24-25-20-11-6-16(2)15-21(20)32-24/h6-13,15H,3-5,14H2,1-2H3,(H,25,26,29). The molecular weight excluding hydrogens is 424 g/mol. The number of amides is 1. The molecule has 4 aromatic rings. The number of nitrogens with zero attached hydrogens (tertiary/aromatic N) is 3. The lowest BCUT2D eigenvalue weighted by Gasteiger charge is -2.08. The molecule has 2 heterocycles. The Bertz CT molecular complexity index is 1290. The number of ether oxygens (including phenoxy) is 1. The molecule has 2 aromatic heterocycles. The van der Waals surface area contributed by atoms with Gasteiger partial charge < -0.3 is 10.1 Å². The smallest absolute Gasteiger partial charge is 0.266 e. The largest absolute Gasteiger partial charge is 0.494 e. The topological polar surface area (TPSA) is 86.1 Å². The zero-order chi connectivity index (χ0) is 22.5. The zero-order valence-corrected chi connectivity index (χ0v) is 18.8. The first-order chi connectivity index (χ1) is 15.5.